The number of hydrogen-bond donors (Lipinski definition) is 2. The second-order valence-electron chi connectivity index (χ2n) is 5.45. The van der Waals surface area contributed by atoms with Gasteiger partial charge in [0.1, 0.15) is 11.5 Å². The Morgan fingerprint density at radius 1 is 1.30 bits per heavy atom. The van der Waals surface area contributed by atoms with Gasteiger partial charge in [-0.25, -0.2) is 0 Å². The number of rotatable bonds is 4. The number of hydrogen-bond acceptors (Lipinski definition) is 4. The van der Waals surface area contributed by atoms with Gasteiger partial charge >= 0.3 is 0 Å². The number of carbonyl (C=O) groups is 1. The number of ether oxygens (including phenoxy) is 1. The van der Waals surface area contributed by atoms with E-state index in [9.17, 15) is 4.79 Å². The first-order chi connectivity index (χ1) is 11.2. The minimum Gasteiger partial charge on any atom is -0.456 e. The van der Waals surface area contributed by atoms with E-state index in [2.05, 4.69) is 15.6 Å². The Kier molecular flexibility index (Phi) is 5.10. The molecule has 1 atom stereocenters. The molecule has 0 unspecified atom stereocenters. The van der Waals surface area contributed by atoms with E-state index in [0.29, 0.717) is 22.1 Å². The van der Waals surface area contributed by atoms with Gasteiger partial charge in [0.2, 0.25) is 0 Å². The molecule has 1 aliphatic rings. The van der Waals surface area contributed by atoms with Crippen LogP contribution in [-0.2, 0) is 0 Å². The first-order valence-corrected chi connectivity index (χ1v) is 7.99. The highest BCUT2D eigenvalue weighted by Gasteiger charge is 2.17. The molecule has 6 heteroatoms. The highest BCUT2D eigenvalue weighted by Crippen LogP contribution is 2.29. The molecule has 1 aromatic carbocycles. The Hall–Kier alpha value is -2.11. The number of piperidine rings is 1. The van der Waals surface area contributed by atoms with Crippen LogP contribution in [0.3, 0.4) is 0 Å². The van der Waals surface area contributed by atoms with Crippen LogP contribution in [0, 0.1) is 0 Å². The maximum absolute atomic E-state index is 12.3. The van der Waals surface area contributed by atoms with Gasteiger partial charge < -0.3 is 15.4 Å². The Morgan fingerprint density at radius 3 is 2.83 bits per heavy atom. The van der Waals surface area contributed by atoms with Gasteiger partial charge in [0.05, 0.1) is 5.02 Å². The largest absolute Gasteiger partial charge is 0.456 e. The van der Waals surface area contributed by atoms with Gasteiger partial charge in [-0.3, -0.25) is 9.78 Å². The van der Waals surface area contributed by atoms with Gasteiger partial charge in [-0.2, -0.15) is 0 Å². The fourth-order valence-electron chi connectivity index (χ4n) is 2.50. The molecule has 1 aromatic heterocycles. The highest BCUT2D eigenvalue weighted by atomic mass is 35.5. The predicted octanol–water partition coefficient (Wildman–Crippen LogP) is 3.01. The number of halogens is 1. The van der Waals surface area contributed by atoms with Crippen molar-refractivity contribution >= 4 is 17.5 Å². The number of pyridine rings is 1. The van der Waals surface area contributed by atoms with Gasteiger partial charge in [-0.15, -0.1) is 0 Å². The minimum atomic E-state index is -0.115. The fourth-order valence-corrected chi connectivity index (χ4v) is 2.72. The van der Waals surface area contributed by atoms with Crippen molar-refractivity contribution in [2.75, 3.05) is 13.1 Å². The van der Waals surface area contributed by atoms with Crippen LogP contribution in [0.4, 0.5) is 0 Å². The van der Waals surface area contributed by atoms with E-state index in [1.807, 2.05) is 0 Å². The van der Waals surface area contributed by atoms with Gasteiger partial charge in [-0.05, 0) is 49.7 Å². The van der Waals surface area contributed by atoms with Crippen LogP contribution in [0.1, 0.15) is 23.2 Å². The zero-order valence-electron chi connectivity index (χ0n) is 12.6. The molecule has 1 fully saturated rings. The Morgan fingerprint density at radius 2 is 2.13 bits per heavy atom. The molecule has 1 aliphatic heterocycles. The smallest absolute Gasteiger partial charge is 0.251 e. The summed E-state index contributed by atoms with van der Waals surface area (Å²) < 4.78 is 5.68. The molecule has 1 amide bonds. The summed E-state index contributed by atoms with van der Waals surface area (Å²) in [6.07, 6.45) is 5.35. The van der Waals surface area contributed by atoms with Gasteiger partial charge in [0.15, 0.2) is 0 Å². The zero-order valence-corrected chi connectivity index (χ0v) is 13.3. The average molecular weight is 332 g/mol. The molecule has 120 valence electrons. The third-order valence-corrected chi connectivity index (χ3v) is 4.00. The SMILES string of the molecule is O=C(N[C@H]1CCCNC1)c1ccc(Oc2ccncc2)c(Cl)c1. The summed E-state index contributed by atoms with van der Waals surface area (Å²) in [6, 6.07) is 8.71. The molecule has 0 bridgehead atoms. The lowest BCUT2D eigenvalue weighted by Gasteiger charge is -2.23. The zero-order chi connectivity index (χ0) is 16.1. The van der Waals surface area contributed by atoms with Crippen LogP contribution in [0.25, 0.3) is 0 Å². The lowest BCUT2D eigenvalue weighted by atomic mass is 10.1. The summed E-state index contributed by atoms with van der Waals surface area (Å²) in [7, 11) is 0. The van der Waals surface area contributed by atoms with E-state index in [4.69, 9.17) is 16.3 Å². The monoisotopic (exact) mass is 331 g/mol. The Balaban J connectivity index is 1.67. The number of benzene rings is 1. The van der Waals surface area contributed by atoms with Crippen LogP contribution in [0.5, 0.6) is 11.5 Å². The van der Waals surface area contributed by atoms with E-state index >= 15 is 0 Å². The lowest BCUT2D eigenvalue weighted by molar-refractivity contribution is 0.0930. The topological polar surface area (TPSA) is 63.2 Å². The quantitative estimate of drug-likeness (QED) is 0.904. The number of carbonyl (C=O) groups excluding carboxylic acids is 1. The minimum absolute atomic E-state index is 0.115. The molecule has 0 radical (unpaired) electrons. The van der Waals surface area contributed by atoms with Crippen molar-refractivity contribution in [1.82, 2.24) is 15.6 Å². The lowest BCUT2D eigenvalue weighted by Crippen LogP contribution is -2.45. The van der Waals surface area contributed by atoms with Crippen molar-refractivity contribution in [2.45, 2.75) is 18.9 Å². The van der Waals surface area contributed by atoms with E-state index in [0.717, 1.165) is 25.9 Å². The van der Waals surface area contributed by atoms with Gasteiger partial charge in [-0.1, -0.05) is 11.6 Å². The van der Waals surface area contributed by atoms with Crippen LogP contribution < -0.4 is 15.4 Å². The fraction of sp³-hybridized carbons (Fsp3) is 0.294. The number of amides is 1. The summed E-state index contributed by atoms with van der Waals surface area (Å²) in [6.45, 7) is 1.82. The maximum Gasteiger partial charge on any atom is 0.251 e. The first kappa shape index (κ1) is 15.8. The van der Waals surface area contributed by atoms with Crippen molar-refractivity contribution < 1.29 is 9.53 Å². The molecule has 1 saturated heterocycles. The van der Waals surface area contributed by atoms with Crippen LogP contribution >= 0.6 is 11.6 Å². The molecule has 2 heterocycles. The third-order valence-electron chi connectivity index (χ3n) is 3.70. The molecule has 0 saturated carbocycles. The van der Waals surface area contributed by atoms with Crippen molar-refractivity contribution in [1.29, 1.82) is 0 Å². The number of nitrogens with zero attached hydrogens (tertiary/aromatic N) is 1. The normalized spacial score (nSPS) is 17.5. The molecule has 3 rings (SSSR count). The predicted molar refractivity (Wildman–Crippen MR) is 89.1 cm³/mol. The summed E-state index contributed by atoms with van der Waals surface area (Å²) in [5.41, 5.74) is 0.530. The average Bonchev–Trinajstić information content (AvgIpc) is 2.58. The summed E-state index contributed by atoms with van der Waals surface area (Å²) in [4.78, 5) is 16.2. The van der Waals surface area contributed by atoms with E-state index < -0.39 is 0 Å². The summed E-state index contributed by atoms with van der Waals surface area (Å²) in [5, 5.41) is 6.70. The van der Waals surface area contributed by atoms with Crippen molar-refractivity contribution in [3.05, 3.63) is 53.3 Å². The third kappa shape index (κ3) is 4.21. The standard InChI is InChI=1S/C17H18ClN3O2/c18-15-10-12(17(22)21-13-2-1-7-20-11-13)3-4-16(15)23-14-5-8-19-9-6-14/h3-6,8-10,13,20H,1-2,7,11H2,(H,21,22)/t13-/m0/s1. The Labute approximate surface area is 140 Å². The molecule has 0 aliphatic carbocycles. The molecule has 5 nitrogen and oxygen atoms in total. The summed E-state index contributed by atoms with van der Waals surface area (Å²) in [5.74, 6) is 1.04. The van der Waals surface area contributed by atoms with Crippen LogP contribution in [0.15, 0.2) is 42.7 Å². The molecule has 23 heavy (non-hydrogen) atoms. The maximum atomic E-state index is 12.3. The second-order valence-corrected chi connectivity index (χ2v) is 5.85. The van der Waals surface area contributed by atoms with Crippen LogP contribution in [0.2, 0.25) is 5.02 Å². The van der Waals surface area contributed by atoms with Crippen molar-refractivity contribution in [3.8, 4) is 11.5 Å². The van der Waals surface area contributed by atoms with E-state index in [-0.39, 0.29) is 11.9 Å². The molecule has 2 N–H and O–H groups in total. The summed E-state index contributed by atoms with van der Waals surface area (Å²) >= 11 is 6.23. The highest BCUT2D eigenvalue weighted by molar-refractivity contribution is 6.32. The van der Waals surface area contributed by atoms with Crippen molar-refractivity contribution in [2.24, 2.45) is 0 Å². The molecular weight excluding hydrogens is 314 g/mol. The number of nitrogens with one attached hydrogen (secondary N) is 2. The molecule has 2 aromatic rings. The Bertz CT molecular complexity index is 673. The molecule has 0 spiro atoms. The second kappa shape index (κ2) is 7.44. The van der Waals surface area contributed by atoms with E-state index in [1.54, 1.807) is 42.7 Å². The van der Waals surface area contributed by atoms with Crippen LogP contribution in [-0.4, -0.2) is 30.0 Å². The van der Waals surface area contributed by atoms with Crippen molar-refractivity contribution in [3.63, 3.8) is 0 Å². The molecular formula is C17H18ClN3O2. The first-order valence-electron chi connectivity index (χ1n) is 7.61. The van der Waals surface area contributed by atoms with E-state index in [1.165, 1.54) is 0 Å². The number of aromatic nitrogens is 1. The van der Waals surface area contributed by atoms with Gasteiger partial charge in [0, 0.05) is 30.5 Å². The van der Waals surface area contributed by atoms with Gasteiger partial charge in [0.25, 0.3) is 5.91 Å².